The van der Waals surface area contributed by atoms with Crippen molar-refractivity contribution in [1.29, 1.82) is 0 Å². The molecule has 0 spiro atoms. The molecule has 2 heterocycles. The Morgan fingerprint density at radius 3 is 2.60 bits per heavy atom. The number of anilines is 1. The van der Waals surface area contributed by atoms with E-state index in [9.17, 15) is 19.5 Å². The van der Waals surface area contributed by atoms with E-state index in [0.29, 0.717) is 42.5 Å². The molecule has 2 aliphatic heterocycles. The molecule has 1 aliphatic carbocycles. The van der Waals surface area contributed by atoms with Gasteiger partial charge in [0.25, 0.3) is 5.91 Å². The molecule has 1 atom stereocenters. The maximum atomic E-state index is 13.2. The number of halogens is 1. The molecule has 1 saturated carbocycles. The number of nitrogens with one attached hydrogen (secondary N) is 1. The van der Waals surface area contributed by atoms with Gasteiger partial charge >= 0.3 is 12.1 Å². The van der Waals surface area contributed by atoms with Crippen LogP contribution < -0.4 is 5.32 Å². The first-order chi connectivity index (χ1) is 20.4. The zero-order chi connectivity index (χ0) is 29.5. The minimum atomic E-state index is -1.19. The summed E-state index contributed by atoms with van der Waals surface area (Å²) in [6, 6.07) is 12.7. The average Bonchev–Trinajstić information content (AvgIpc) is 3.45. The summed E-state index contributed by atoms with van der Waals surface area (Å²) in [5.74, 6) is 4.48. The number of phenols is 1. The first-order valence-corrected chi connectivity index (χ1v) is 15.2. The lowest BCUT2D eigenvalue weighted by Gasteiger charge is -2.37. The summed E-state index contributed by atoms with van der Waals surface area (Å²) in [4.78, 5) is 50.7. The number of carbonyl (C=O) groups is 3. The van der Waals surface area contributed by atoms with E-state index in [2.05, 4.69) is 43.0 Å². The van der Waals surface area contributed by atoms with Gasteiger partial charge < -0.3 is 25.0 Å². The number of urea groups is 1. The number of piperidine rings is 1. The van der Waals surface area contributed by atoms with Crippen LogP contribution in [0.25, 0.3) is 0 Å². The number of fused-ring (bicyclic) bond motifs is 1. The van der Waals surface area contributed by atoms with Gasteiger partial charge in [-0.3, -0.25) is 4.79 Å². The molecule has 1 saturated heterocycles. The number of hydrogen-bond acceptors (Lipinski definition) is 6. The van der Waals surface area contributed by atoms with Gasteiger partial charge in [-0.15, -0.1) is 0 Å². The first-order valence-electron chi connectivity index (χ1n) is 14.4. The van der Waals surface area contributed by atoms with Crippen LogP contribution in [0, 0.1) is 0 Å². The highest BCUT2D eigenvalue weighted by atomic mass is 79.9. The van der Waals surface area contributed by atoms with Gasteiger partial charge in [-0.05, 0) is 77.4 Å². The van der Waals surface area contributed by atoms with Crippen molar-refractivity contribution >= 4 is 51.4 Å². The zero-order valence-corrected chi connectivity index (χ0v) is 24.9. The molecule has 2 fully saturated rings. The second-order valence-electron chi connectivity index (χ2n) is 10.9. The van der Waals surface area contributed by atoms with E-state index in [1.807, 2.05) is 29.2 Å². The van der Waals surface area contributed by atoms with Gasteiger partial charge in [-0.1, -0.05) is 37.1 Å². The summed E-state index contributed by atoms with van der Waals surface area (Å²) in [5, 5.41) is 12.9. The standard InChI is InChI=1S/C31H34BrN5O5/c32-25-19-21(9-10-27(25)38)20-28(29(39)34-15-14-33-23-6-2-3-7-23)42-31(41)36-16-12-24(13-17-36)37-18-11-22-5-1-4-8-26(22)35-30(37)40/h1,4-5,8-10,19,23-24,28,38H,2-3,6-7,11-13,16-18,20H2,(H,35,40)/t28-/m1/s1. The van der Waals surface area contributed by atoms with E-state index in [-0.39, 0.29) is 30.3 Å². The highest BCUT2D eigenvalue weighted by Crippen LogP contribution is 2.27. The fourth-order valence-corrected chi connectivity index (χ4v) is 6.10. The van der Waals surface area contributed by atoms with Gasteiger partial charge in [0, 0.05) is 37.8 Å². The van der Waals surface area contributed by atoms with E-state index in [4.69, 9.17) is 4.74 Å². The van der Waals surface area contributed by atoms with Crippen molar-refractivity contribution in [3.63, 3.8) is 0 Å². The van der Waals surface area contributed by atoms with Crippen LogP contribution in [-0.2, 0) is 22.4 Å². The molecule has 0 radical (unpaired) electrons. The van der Waals surface area contributed by atoms with Crippen molar-refractivity contribution in [2.45, 2.75) is 69.6 Å². The van der Waals surface area contributed by atoms with E-state index >= 15 is 0 Å². The number of nitrogens with zero attached hydrogens (tertiary/aromatic N) is 4. The third-order valence-corrected chi connectivity index (χ3v) is 8.68. The van der Waals surface area contributed by atoms with Gasteiger partial charge in [0.05, 0.1) is 22.3 Å². The molecule has 0 unspecified atom stereocenters. The lowest BCUT2D eigenvalue weighted by Crippen LogP contribution is -2.50. The molecular formula is C31H34BrN5O5. The molecule has 42 heavy (non-hydrogen) atoms. The number of benzene rings is 2. The minimum absolute atomic E-state index is 0.0102. The van der Waals surface area contributed by atoms with Crippen LogP contribution in [0.5, 0.6) is 5.75 Å². The van der Waals surface area contributed by atoms with Gasteiger partial charge in [0.15, 0.2) is 6.10 Å². The molecular weight excluding hydrogens is 602 g/mol. The number of hydrogen-bond donors (Lipinski definition) is 2. The molecule has 5 rings (SSSR count). The highest BCUT2D eigenvalue weighted by molar-refractivity contribution is 9.10. The Balaban J connectivity index is 1.22. The number of carbonyl (C=O) groups excluding carboxylic acids is 3. The van der Waals surface area contributed by atoms with Gasteiger partial charge in [0.1, 0.15) is 5.75 Å². The summed E-state index contributed by atoms with van der Waals surface area (Å²) in [7, 11) is 0. The van der Waals surface area contributed by atoms with E-state index in [1.54, 1.807) is 17.0 Å². The van der Waals surface area contributed by atoms with E-state index < -0.39 is 18.1 Å². The van der Waals surface area contributed by atoms with Crippen LogP contribution in [0.1, 0.15) is 49.7 Å². The predicted molar refractivity (Wildman–Crippen MR) is 162 cm³/mol. The van der Waals surface area contributed by atoms with Crippen molar-refractivity contribution in [3.8, 4) is 5.75 Å². The fourth-order valence-electron chi connectivity index (χ4n) is 5.67. The van der Waals surface area contributed by atoms with Crippen molar-refractivity contribution in [2.24, 2.45) is 9.98 Å². The van der Waals surface area contributed by atoms with Crippen LogP contribution >= 0.6 is 15.9 Å². The molecule has 2 aromatic carbocycles. The number of aromatic hydroxyl groups is 1. The van der Waals surface area contributed by atoms with E-state index in [1.165, 1.54) is 6.07 Å². The van der Waals surface area contributed by atoms with Crippen molar-refractivity contribution in [3.05, 3.63) is 58.1 Å². The average molecular weight is 637 g/mol. The SMILES string of the molecule is O=C(N=C=C=NC1CCCC1)[C@@H](Cc1ccc(O)c(Br)c1)OC(=O)N1CCC(N2CCc3ccccc3NC2=O)CC1. The van der Waals surface area contributed by atoms with Gasteiger partial charge in [0.2, 0.25) is 0 Å². The summed E-state index contributed by atoms with van der Waals surface area (Å²) in [6.07, 6.45) is 4.46. The number of rotatable bonds is 6. The molecule has 0 aromatic heterocycles. The van der Waals surface area contributed by atoms with Crippen molar-refractivity contribution in [1.82, 2.24) is 9.80 Å². The first kappa shape index (κ1) is 29.6. The number of ether oxygens (including phenoxy) is 1. The Morgan fingerprint density at radius 2 is 1.83 bits per heavy atom. The number of likely N-dealkylation sites (tertiary alicyclic amines) is 1. The molecule has 10 nitrogen and oxygen atoms in total. The monoisotopic (exact) mass is 635 g/mol. The quantitative estimate of drug-likeness (QED) is 0.426. The van der Waals surface area contributed by atoms with Crippen LogP contribution in [0.15, 0.2) is 56.9 Å². The van der Waals surface area contributed by atoms with Gasteiger partial charge in [-0.25, -0.2) is 14.6 Å². The second-order valence-corrected chi connectivity index (χ2v) is 11.7. The maximum Gasteiger partial charge on any atom is 0.410 e. The second kappa shape index (κ2) is 13.8. The summed E-state index contributed by atoms with van der Waals surface area (Å²) in [6.45, 7) is 1.39. The Morgan fingerprint density at radius 1 is 1.07 bits per heavy atom. The lowest BCUT2D eigenvalue weighted by molar-refractivity contribution is -0.126. The third kappa shape index (κ3) is 7.48. The molecule has 0 bridgehead atoms. The number of amides is 4. The van der Waals surface area contributed by atoms with Crippen molar-refractivity contribution in [2.75, 3.05) is 25.0 Å². The highest BCUT2D eigenvalue weighted by Gasteiger charge is 2.33. The third-order valence-electron chi connectivity index (χ3n) is 8.04. The smallest absolute Gasteiger partial charge is 0.410 e. The van der Waals surface area contributed by atoms with Crippen LogP contribution in [0.4, 0.5) is 15.3 Å². The summed E-state index contributed by atoms with van der Waals surface area (Å²) >= 11 is 3.28. The number of para-hydroxylation sites is 1. The normalized spacial score (nSPS) is 18.2. The number of aliphatic imine (C=N–C) groups is 2. The molecule has 4 amide bonds. The lowest BCUT2D eigenvalue weighted by atomic mass is 10.0. The van der Waals surface area contributed by atoms with Crippen LogP contribution in [0.2, 0.25) is 0 Å². The Kier molecular flexibility index (Phi) is 9.74. The number of phenolic OH excluding ortho intramolecular Hbond substituents is 1. The van der Waals surface area contributed by atoms with Gasteiger partial charge in [-0.2, -0.15) is 4.99 Å². The van der Waals surface area contributed by atoms with Crippen LogP contribution in [0.3, 0.4) is 0 Å². The predicted octanol–water partition coefficient (Wildman–Crippen LogP) is 5.12. The van der Waals surface area contributed by atoms with Crippen LogP contribution in [-0.4, -0.2) is 82.5 Å². The molecule has 2 N–H and O–H groups in total. The Labute approximate surface area is 253 Å². The molecule has 3 aliphatic rings. The Bertz CT molecular complexity index is 1420. The fraction of sp³-hybridized carbons (Fsp3) is 0.452. The zero-order valence-electron chi connectivity index (χ0n) is 23.3. The van der Waals surface area contributed by atoms with Crippen molar-refractivity contribution < 1.29 is 24.2 Å². The minimum Gasteiger partial charge on any atom is -0.507 e. The maximum absolute atomic E-state index is 13.2. The summed E-state index contributed by atoms with van der Waals surface area (Å²) in [5.41, 5.74) is 2.62. The van der Waals surface area contributed by atoms with E-state index in [0.717, 1.165) is 43.4 Å². The molecule has 220 valence electrons. The molecule has 11 heteroatoms. The summed E-state index contributed by atoms with van der Waals surface area (Å²) < 4.78 is 6.16. The largest absolute Gasteiger partial charge is 0.507 e. The molecule has 2 aromatic rings. The Hall–Kier alpha value is -3.91. The topological polar surface area (TPSA) is 124 Å².